The summed E-state index contributed by atoms with van der Waals surface area (Å²) in [5.74, 6) is 0.379. The Labute approximate surface area is 238 Å². The fraction of sp³-hybridized carbons (Fsp3) is 0.781. The molecule has 1 aromatic carbocycles. The number of carbonyl (C=O) groups is 1. The third-order valence-corrected chi connectivity index (χ3v) is 8.96. The molecule has 7 heteroatoms. The van der Waals surface area contributed by atoms with Crippen molar-refractivity contribution in [2.45, 2.75) is 140 Å². The first-order chi connectivity index (χ1) is 18.9. The van der Waals surface area contributed by atoms with Crippen LogP contribution in [0.5, 0.6) is 0 Å². The van der Waals surface area contributed by atoms with Gasteiger partial charge < -0.3 is 9.47 Å². The van der Waals surface area contributed by atoms with E-state index in [1.807, 2.05) is 6.92 Å². The van der Waals surface area contributed by atoms with Crippen LogP contribution in [-0.4, -0.2) is 40.3 Å². The largest absolute Gasteiger partial charge is 0.463 e. The first kappa shape index (κ1) is 33.8. The zero-order valence-corrected chi connectivity index (χ0v) is 25.5. The fourth-order valence-corrected chi connectivity index (χ4v) is 6.06. The van der Waals surface area contributed by atoms with E-state index in [4.69, 9.17) is 13.7 Å². The van der Waals surface area contributed by atoms with Crippen molar-refractivity contribution in [3.05, 3.63) is 29.8 Å². The van der Waals surface area contributed by atoms with Gasteiger partial charge in [0.15, 0.2) is 0 Å². The number of ether oxygens (including phenoxy) is 2. The highest BCUT2D eigenvalue weighted by molar-refractivity contribution is 7.86. The van der Waals surface area contributed by atoms with E-state index in [1.165, 1.54) is 83.5 Å². The van der Waals surface area contributed by atoms with Crippen LogP contribution in [0.15, 0.2) is 29.2 Å². The van der Waals surface area contributed by atoms with E-state index in [0.29, 0.717) is 38.2 Å². The molecule has 39 heavy (non-hydrogen) atoms. The molecule has 2 atom stereocenters. The molecule has 0 bridgehead atoms. The normalized spacial score (nSPS) is 17.5. The van der Waals surface area contributed by atoms with Crippen LogP contribution >= 0.6 is 0 Å². The number of hydrogen-bond acceptors (Lipinski definition) is 6. The lowest BCUT2D eigenvalue weighted by atomic mass is 9.97. The topological polar surface area (TPSA) is 78.9 Å². The average molecular weight is 567 g/mol. The van der Waals surface area contributed by atoms with Crippen molar-refractivity contribution in [3.8, 4) is 0 Å². The van der Waals surface area contributed by atoms with Gasteiger partial charge in [0.2, 0.25) is 0 Å². The van der Waals surface area contributed by atoms with Gasteiger partial charge in [0.05, 0.1) is 24.2 Å². The molecule has 2 rings (SSSR count). The quantitative estimate of drug-likeness (QED) is 0.0753. The summed E-state index contributed by atoms with van der Waals surface area (Å²) in [6.07, 6.45) is 20.9. The summed E-state index contributed by atoms with van der Waals surface area (Å²) in [4.78, 5) is 12.2. The van der Waals surface area contributed by atoms with E-state index >= 15 is 0 Å². The molecule has 1 aliphatic rings. The molecule has 0 amide bonds. The molecule has 0 N–H and O–H groups in total. The van der Waals surface area contributed by atoms with Crippen molar-refractivity contribution in [2.24, 2.45) is 5.92 Å². The molecule has 224 valence electrons. The summed E-state index contributed by atoms with van der Waals surface area (Å²) < 4.78 is 40.7. The van der Waals surface area contributed by atoms with E-state index in [-0.39, 0.29) is 23.6 Å². The summed E-state index contributed by atoms with van der Waals surface area (Å²) in [6, 6.07) is 6.60. The van der Waals surface area contributed by atoms with E-state index in [1.54, 1.807) is 24.3 Å². The van der Waals surface area contributed by atoms with Gasteiger partial charge in [-0.15, -0.1) is 0 Å². The van der Waals surface area contributed by atoms with Crippen molar-refractivity contribution >= 4 is 16.1 Å². The lowest BCUT2D eigenvalue weighted by molar-refractivity contribution is -0.147. The van der Waals surface area contributed by atoms with Gasteiger partial charge in [-0.1, -0.05) is 108 Å². The molecule has 0 spiro atoms. The first-order valence-electron chi connectivity index (χ1n) is 15.6. The summed E-state index contributed by atoms with van der Waals surface area (Å²) in [7, 11) is -3.73. The lowest BCUT2D eigenvalue weighted by Gasteiger charge is -2.11. The number of rotatable bonds is 23. The third-order valence-electron chi connectivity index (χ3n) is 7.63. The third kappa shape index (κ3) is 15.8. The fourth-order valence-electron chi connectivity index (χ4n) is 5.12. The number of benzene rings is 1. The van der Waals surface area contributed by atoms with Crippen molar-refractivity contribution in [1.29, 1.82) is 0 Å². The molecule has 0 unspecified atom stereocenters. The Kier molecular flexibility index (Phi) is 17.7. The van der Waals surface area contributed by atoms with E-state index in [0.717, 1.165) is 18.6 Å². The van der Waals surface area contributed by atoms with E-state index in [2.05, 4.69) is 6.92 Å². The summed E-state index contributed by atoms with van der Waals surface area (Å²) in [5.41, 5.74) is 0.995. The molecular formula is C32H54O6S. The predicted octanol–water partition coefficient (Wildman–Crippen LogP) is 8.30. The average Bonchev–Trinajstić information content (AvgIpc) is 3.38. The Balaban J connectivity index is 1.39. The van der Waals surface area contributed by atoms with Gasteiger partial charge >= 0.3 is 5.97 Å². The van der Waals surface area contributed by atoms with Crippen LogP contribution < -0.4 is 0 Å². The summed E-state index contributed by atoms with van der Waals surface area (Å²) >= 11 is 0. The molecule has 0 aromatic heterocycles. The van der Waals surface area contributed by atoms with Crippen LogP contribution in [0.3, 0.4) is 0 Å². The van der Waals surface area contributed by atoms with Crippen LogP contribution in [0.2, 0.25) is 0 Å². The maximum absolute atomic E-state index is 12.2. The standard InChI is InChI=1S/C32H54O6S/c1-3-4-5-6-7-8-9-10-11-12-13-15-18-29-25-30(36-26-29)27-37-32(33)19-16-14-17-24-38-39(34,35)31-22-20-28(2)21-23-31/h20-23,29-30H,3-19,24-27H2,1-2H3/t29-,30+/m0/s1. The summed E-state index contributed by atoms with van der Waals surface area (Å²) in [6.45, 7) is 5.41. The lowest BCUT2D eigenvalue weighted by Crippen LogP contribution is -2.18. The maximum atomic E-state index is 12.2. The van der Waals surface area contributed by atoms with Gasteiger partial charge in [-0.25, -0.2) is 0 Å². The second-order valence-electron chi connectivity index (χ2n) is 11.3. The van der Waals surface area contributed by atoms with Crippen LogP contribution in [0, 0.1) is 12.8 Å². The van der Waals surface area contributed by atoms with Gasteiger partial charge in [-0.3, -0.25) is 8.98 Å². The minimum Gasteiger partial charge on any atom is -0.463 e. The molecule has 1 aromatic rings. The molecule has 0 radical (unpaired) electrons. The predicted molar refractivity (Wildman–Crippen MR) is 157 cm³/mol. The zero-order chi connectivity index (χ0) is 28.2. The number of esters is 1. The zero-order valence-electron chi connectivity index (χ0n) is 24.7. The van der Waals surface area contributed by atoms with Crippen LogP contribution in [0.1, 0.15) is 128 Å². The van der Waals surface area contributed by atoms with Crippen molar-refractivity contribution in [2.75, 3.05) is 19.8 Å². The number of aryl methyl sites for hydroxylation is 1. The Morgan fingerprint density at radius 3 is 2.08 bits per heavy atom. The summed E-state index contributed by atoms with van der Waals surface area (Å²) in [5, 5.41) is 0. The Bertz CT molecular complexity index is 867. The SMILES string of the molecule is CCCCCCCCCCCCCC[C@@H]1CO[C@@H](COC(=O)CCCCCOS(=O)(=O)c2ccc(C)cc2)C1. The molecule has 1 fully saturated rings. The Morgan fingerprint density at radius 2 is 1.44 bits per heavy atom. The van der Waals surface area contributed by atoms with Gasteiger partial charge in [-0.05, 0) is 50.7 Å². The molecule has 0 saturated carbocycles. The van der Waals surface area contributed by atoms with E-state index < -0.39 is 10.1 Å². The van der Waals surface area contributed by atoms with Gasteiger partial charge in [-0.2, -0.15) is 8.42 Å². The maximum Gasteiger partial charge on any atom is 0.305 e. The highest BCUT2D eigenvalue weighted by atomic mass is 32.2. The van der Waals surface area contributed by atoms with Gasteiger partial charge in [0.1, 0.15) is 6.61 Å². The van der Waals surface area contributed by atoms with Crippen molar-refractivity contribution in [1.82, 2.24) is 0 Å². The van der Waals surface area contributed by atoms with Gasteiger partial charge in [0.25, 0.3) is 10.1 Å². The number of carbonyl (C=O) groups excluding carboxylic acids is 1. The van der Waals surface area contributed by atoms with E-state index in [9.17, 15) is 13.2 Å². The highest BCUT2D eigenvalue weighted by Gasteiger charge is 2.26. The number of hydrogen-bond donors (Lipinski definition) is 0. The van der Waals surface area contributed by atoms with Crippen LogP contribution in [0.25, 0.3) is 0 Å². The molecule has 0 aliphatic carbocycles. The van der Waals surface area contributed by atoms with Crippen LogP contribution in [0.4, 0.5) is 0 Å². The second-order valence-corrected chi connectivity index (χ2v) is 12.9. The minimum atomic E-state index is -3.73. The highest BCUT2D eigenvalue weighted by Crippen LogP contribution is 2.25. The molecule has 6 nitrogen and oxygen atoms in total. The number of unbranched alkanes of at least 4 members (excludes halogenated alkanes) is 13. The Morgan fingerprint density at radius 1 is 0.846 bits per heavy atom. The van der Waals surface area contributed by atoms with Crippen molar-refractivity contribution in [3.63, 3.8) is 0 Å². The first-order valence-corrected chi connectivity index (χ1v) is 17.0. The molecule has 1 saturated heterocycles. The van der Waals surface area contributed by atoms with Crippen molar-refractivity contribution < 1.29 is 26.9 Å². The minimum absolute atomic E-state index is 0.0247. The monoisotopic (exact) mass is 566 g/mol. The second kappa shape index (κ2) is 20.4. The Hall–Kier alpha value is -1.44. The molecule has 1 heterocycles. The van der Waals surface area contributed by atoms with Crippen LogP contribution in [-0.2, 0) is 28.6 Å². The molecular weight excluding hydrogens is 512 g/mol. The smallest absolute Gasteiger partial charge is 0.305 e. The van der Waals surface area contributed by atoms with Gasteiger partial charge in [0, 0.05) is 6.42 Å². The molecule has 1 aliphatic heterocycles.